The molecule has 3 rings (SSSR count). The highest BCUT2D eigenvalue weighted by Gasteiger charge is 2.54. The second-order valence-electron chi connectivity index (χ2n) is 31.7. The molecule has 3 fully saturated rings. The Bertz CT molecular complexity index is 2450. The number of rotatable bonds is 72. The fraction of sp³-hybridized carbons (Fsp3) is 0.796. The number of carbonyl (C=O) groups is 1. The number of allylic oxidation sites excluding steroid dienone is 17. The Kier molecular flexibility index (Phi) is 65.6. The molecule has 0 saturated carbocycles. The highest BCUT2D eigenvalue weighted by molar-refractivity contribution is 5.76. The highest BCUT2D eigenvalue weighted by atomic mass is 16.8. The second kappa shape index (κ2) is 71.5. The van der Waals surface area contributed by atoms with Crippen molar-refractivity contribution in [3.05, 3.63) is 109 Å². The van der Waals surface area contributed by atoms with Crippen molar-refractivity contribution in [1.82, 2.24) is 5.32 Å². The average molecular weight is 1580 g/mol. The average Bonchev–Trinajstić information content (AvgIpc) is 0.781. The zero-order chi connectivity index (χ0) is 81.0. The van der Waals surface area contributed by atoms with Gasteiger partial charge in [-0.3, -0.25) is 4.79 Å². The first-order chi connectivity index (χ1) is 54.8. The molecule has 17 atom stereocenters. The van der Waals surface area contributed by atoms with Crippen molar-refractivity contribution in [2.45, 2.75) is 446 Å². The summed E-state index contributed by atoms with van der Waals surface area (Å²) in [5, 5.41) is 121. The molecular formula is C93H163NO18. The van der Waals surface area contributed by atoms with Crippen LogP contribution in [-0.4, -0.2) is 193 Å². The normalized spacial score (nSPS) is 25.5. The molecule has 0 radical (unpaired) electrons. The van der Waals surface area contributed by atoms with Gasteiger partial charge >= 0.3 is 0 Å². The third-order valence-corrected chi connectivity index (χ3v) is 21.8. The molecule has 0 aliphatic carbocycles. The summed E-state index contributed by atoms with van der Waals surface area (Å²) in [7, 11) is 0. The van der Waals surface area contributed by atoms with Gasteiger partial charge in [0.15, 0.2) is 18.9 Å². The van der Waals surface area contributed by atoms with Crippen LogP contribution in [-0.2, 0) is 33.2 Å². The van der Waals surface area contributed by atoms with Gasteiger partial charge in [-0.2, -0.15) is 0 Å². The minimum Gasteiger partial charge on any atom is -0.394 e. The number of amides is 1. The second-order valence-corrected chi connectivity index (χ2v) is 31.7. The van der Waals surface area contributed by atoms with Crippen molar-refractivity contribution >= 4 is 5.91 Å². The predicted octanol–water partition coefficient (Wildman–Crippen LogP) is 17.2. The summed E-state index contributed by atoms with van der Waals surface area (Å²) < 4.78 is 34.5. The van der Waals surface area contributed by atoms with Crippen LogP contribution < -0.4 is 5.32 Å². The molecule has 0 spiro atoms. The Morgan fingerprint density at radius 3 is 1.00 bits per heavy atom. The largest absolute Gasteiger partial charge is 0.394 e. The number of aliphatic hydroxyl groups is 11. The van der Waals surface area contributed by atoms with Crippen molar-refractivity contribution in [1.29, 1.82) is 0 Å². The van der Waals surface area contributed by atoms with E-state index >= 15 is 0 Å². The molecule has 12 N–H and O–H groups in total. The molecule has 17 unspecified atom stereocenters. The van der Waals surface area contributed by atoms with E-state index < -0.39 is 124 Å². The zero-order valence-electron chi connectivity index (χ0n) is 69.9. The van der Waals surface area contributed by atoms with E-state index in [0.29, 0.717) is 12.8 Å². The van der Waals surface area contributed by atoms with Crippen LogP contribution in [0.2, 0.25) is 0 Å². The van der Waals surface area contributed by atoms with E-state index in [9.17, 15) is 61.0 Å². The van der Waals surface area contributed by atoms with Gasteiger partial charge in [0.1, 0.15) is 73.2 Å². The van der Waals surface area contributed by atoms with Crippen LogP contribution in [0.15, 0.2) is 109 Å². The predicted molar refractivity (Wildman–Crippen MR) is 452 cm³/mol. The fourth-order valence-electron chi connectivity index (χ4n) is 14.6. The summed E-state index contributed by atoms with van der Waals surface area (Å²) in [6, 6.07) is -1.00. The summed E-state index contributed by atoms with van der Waals surface area (Å²) in [5.41, 5.74) is 0. The molecule has 0 aromatic rings. The van der Waals surface area contributed by atoms with Crippen LogP contribution in [0.4, 0.5) is 0 Å². The Hall–Kier alpha value is -3.55. The lowest BCUT2D eigenvalue weighted by Crippen LogP contribution is -2.66. The first-order valence-electron chi connectivity index (χ1n) is 45.1. The number of hydrogen-bond acceptors (Lipinski definition) is 18. The Morgan fingerprint density at radius 2 is 0.625 bits per heavy atom. The number of unbranched alkanes of at least 4 members (excludes halogenated alkanes) is 40. The first-order valence-corrected chi connectivity index (χ1v) is 45.1. The molecule has 0 aromatic heterocycles. The monoisotopic (exact) mass is 1580 g/mol. The SMILES string of the molecule is CC/C=C\C/C=C\C/C=C\C/C=C\C/C=C\C/C=C\CCCCCCCCCCCCCCCCCCCCCCCCC(=O)NC(COC1OC(CO)C(OC2OC(CO)C(OC3OC(CO)C(O)C(O)C3O)C(O)C2O)C(O)C1O)C(O)/C=C/CC/C=C/CC/C=C/CCCCCCCCCCCCCCCCCC. The quantitative estimate of drug-likeness (QED) is 0.0199. The van der Waals surface area contributed by atoms with Gasteiger partial charge in [0.2, 0.25) is 5.91 Å². The molecule has 3 heterocycles. The minimum absolute atomic E-state index is 0.231. The lowest BCUT2D eigenvalue weighted by Gasteiger charge is -2.48. The van der Waals surface area contributed by atoms with Crippen molar-refractivity contribution in [3.8, 4) is 0 Å². The van der Waals surface area contributed by atoms with Crippen LogP contribution in [0.25, 0.3) is 0 Å². The van der Waals surface area contributed by atoms with Gasteiger partial charge in [-0.05, 0) is 96.3 Å². The molecule has 648 valence electrons. The lowest BCUT2D eigenvalue weighted by atomic mass is 9.96. The number of ether oxygens (including phenoxy) is 6. The maximum atomic E-state index is 13.5. The molecule has 19 nitrogen and oxygen atoms in total. The fourth-order valence-corrected chi connectivity index (χ4v) is 14.6. The minimum atomic E-state index is -1.99. The molecule has 112 heavy (non-hydrogen) atoms. The molecular weight excluding hydrogens is 1420 g/mol. The van der Waals surface area contributed by atoms with E-state index in [4.69, 9.17) is 28.4 Å². The Labute approximate surface area is 678 Å². The molecule has 3 saturated heterocycles. The Morgan fingerprint density at radius 1 is 0.330 bits per heavy atom. The molecule has 3 aliphatic heterocycles. The van der Waals surface area contributed by atoms with E-state index in [-0.39, 0.29) is 18.9 Å². The molecule has 0 aromatic carbocycles. The van der Waals surface area contributed by atoms with Crippen molar-refractivity contribution in [2.75, 3.05) is 26.4 Å². The third kappa shape index (κ3) is 49.6. The maximum absolute atomic E-state index is 13.5. The van der Waals surface area contributed by atoms with Gasteiger partial charge in [0.25, 0.3) is 0 Å². The standard InChI is InChI=1S/C93H163NO18/c1-3-5-7-9-11-13-15-17-19-21-23-25-27-29-31-32-33-34-35-36-37-38-39-40-41-42-43-44-45-47-49-51-53-55-57-59-61-63-65-67-69-71-81(99)94-76(77(98)70-68-66-64-62-60-58-56-54-52-50-48-46-30-28-26-24-22-20-18-16-14-12-10-8-6-4-2)75-107-91-87(105)84(102)89(79(73-96)109-91)112-93-88(106)85(103)90(80(74-97)110-93)111-92-86(104)83(101)82(100)78(72-95)108-92/h5,7,11,13,17,19,23,25,29,31,33-34,52,54,60,62,68,70,76-80,82-93,95-98,100-106H,3-4,6,8-10,12,14-16,18,20-22,24,26-28,30,32,35-51,53,55-59,61,63-67,69,71-75H2,1-2H3,(H,94,99)/b7-5-,13-11-,19-17-,25-23-,31-29-,34-33-,54-52+,62-60+,70-68+. The van der Waals surface area contributed by atoms with Gasteiger partial charge in [-0.25, -0.2) is 0 Å². The number of hydrogen-bond donors (Lipinski definition) is 12. The van der Waals surface area contributed by atoms with E-state index in [2.05, 4.69) is 116 Å². The smallest absolute Gasteiger partial charge is 0.220 e. The van der Waals surface area contributed by atoms with Gasteiger partial charge in [0.05, 0.1) is 38.6 Å². The van der Waals surface area contributed by atoms with Crippen LogP contribution in [0.1, 0.15) is 341 Å². The third-order valence-electron chi connectivity index (χ3n) is 21.8. The van der Waals surface area contributed by atoms with Crippen LogP contribution >= 0.6 is 0 Å². The van der Waals surface area contributed by atoms with Crippen molar-refractivity contribution in [2.24, 2.45) is 0 Å². The maximum Gasteiger partial charge on any atom is 0.220 e. The van der Waals surface area contributed by atoms with Gasteiger partial charge in [-0.15, -0.1) is 0 Å². The summed E-state index contributed by atoms with van der Waals surface area (Å²) >= 11 is 0. The van der Waals surface area contributed by atoms with Crippen LogP contribution in [0.3, 0.4) is 0 Å². The zero-order valence-corrected chi connectivity index (χ0v) is 69.9. The van der Waals surface area contributed by atoms with Crippen LogP contribution in [0, 0.1) is 0 Å². The topological polar surface area (TPSA) is 307 Å². The van der Waals surface area contributed by atoms with E-state index in [1.165, 1.54) is 225 Å². The van der Waals surface area contributed by atoms with Crippen LogP contribution in [0.5, 0.6) is 0 Å². The van der Waals surface area contributed by atoms with E-state index in [1.54, 1.807) is 6.08 Å². The van der Waals surface area contributed by atoms with Crippen molar-refractivity contribution < 1.29 is 89.4 Å². The summed E-state index contributed by atoms with van der Waals surface area (Å²) in [6.45, 7) is 1.63. The molecule has 3 aliphatic rings. The van der Waals surface area contributed by atoms with E-state index in [1.807, 2.05) is 6.08 Å². The first kappa shape index (κ1) is 103. The lowest BCUT2D eigenvalue weighted by molar-refractivity contribution is -0.379. The highest BCUT2D eigenvalue weighted by Crippen LogP contribution is 2.33. The Balaban J connectivity index is 1.32. The van der Waals surface area contributed by atoms with E-state index in [0.717, 1.165) is 83.5 Å². The molecule has 0 bridgehead atoms. The van der Waals surface area contributed by atoms with Gasteiger partial charge < -0.3 is 89.9 Å². The summed E-state index contributed by atoms with van der Waals surface area (Å²) in [5.74, 6) is -0.286. The number of nitrogens with one attached hydrogen (secondary N) is 1. The summed E-state index contributed by atoms with van der Waals surface area (Å²) in [4.78, 5) is 13.5. The van der Waals surface area contributed by atoms with Crippen molar-refractivity contribution in [3.63, 3.8) is 0 Å². The molecule has 1 amide bonds. The van der Waals surface area contributed by atoms with Gasteiger partial charge in [-0.1, -0.05) is 348 Å². The summed E-state index contributed by atoms with van der Waals surface area (Å²) in [6.07, 6.45) is 73.9. The van der Waals surface area contributed by atoms with Gasteiger partial charge in [0, 0.05) is 6.42 Å². The molecule has 19 heteroatoms. The number of aliphatic hydroxyl groups excluding tert-OH is 11. The number of carbonyl (C=O) groups excluding carboxylic acids is 1.